The summed E-state index contributed by atoms with van der Waals surface area (Å²) in [5.41, 5.74) is 0.0722. The lowest BCUT2D eigenvalue weighted by Crippen LogP contribution is -2.48. The van der Waals surface area contributed by atoms with Crippen LogP contribution in [0.3, 0.4) is 0 Å². The van der Waals surface area contributed by atoms with Crippen LogP contribution in [0.2, 0.25) is 25.7 Å². The zero-order valence-electron chi connectivity index (χ0n) is 27.3. The van der Waals surface area contributed by atoms with Crippen molar-refractivity contribution in [1.29, 1.82) is 0 Å². The Bertz CT molecular complexity index is 1460. The number of alkyl halides is 3. The fraction of sp³-hybridized carbons (Fsp3) is 0.576. The third-order valence-electron chi connectivity index (χ3n) is 8.15. The van der Waals surface area contributed by atoms with Gasteiger partial charge in [0, 0.05) is 44.1 Å². The molecule has 2 heterocycles. The smallest absolute Gasteiger partial charge is 0.416 e. The quantitative estimate of drug-likeness (QED) is 0.155. The van der Waals surface area contributed by atoms with E-state index in [1.54, 1.807) is 16.5 Å². The van der Waals surface area contributed by atoms with Gasteiger partial charge in [0.2, 0.25) is 0 Å². The molecule has 248 valence electrons. The molecule has 1 aliphatic rings. The van der Waals surface area contributed by atoms with Gasteiger partial charge in [0.15, 0.2) is 0 Å². The average Bonchev–Trinajstić information content (AvgIpc) is 3.27. The molecule has 1 aromatic heterocycles. The summed E-state index contributed by atoms with van der Waals surface area (Å²) in [6.45, 7) is 16.0. The van der Waals surface area contributed by atoms with E-state index in [1.165, 1.54) is 0 Å². The second-order valence-corrected chi connectivity index (χ2v) is 20.5. The molecule has 2 aromatic carbocycles. The van der Waals surface area contributed by atoms with E-state index in [2.05, 4.69) is 40.7 Å². The Morgan fingerprint density at radius 3 is 2.31 bits per heavy atom. The molecule has 3 aromatic rings. The monoisotopic (exact) mass is 711 g/mol. The predicted octanol–water partition coefficient (Wildman–Crippen LogP) is 9.18. The maximum absolute atomic E-state index is 14.1. The summed E-state index contributed by atoms with van der Waals surface area (Å²) in [4.78, 5) is 14.5. The molecule has 0 saturated carbocycles. The van der Waals surface area contributed by atoms with Crippen LogP contribution >= 0.6 is 15.9 Å². The highest BCUT2D eigenvalue weighted by Gasteiger charge is 2.40. The van der Waals surface area contributed by atoms with Gasteiger partial charge in [-0.3, -0.25) is 0 Å². The van der Waals surface area contributed by atoms with Gasteiger partial charge < -0.3 is 19.1 Å². The molecule has 0 bridgehead atoms. The van der Waals surface area contributed by atoms with Crippen molar-refractivity contribution >= 4 is 41.0 Å². The van der Waals surface area contributed by atoms with Crippen molar-refractivity contribution in [3.63, 3.8) is 0 Å². The number of hydrogen-bond acceptors (Lipinski definition) is 5. The molecule has 1 unspecified atom stereocenters. The number of ether oxygens (including phenoxy) is 3. The van der Waals surface area contributed by atoms with Crippen molar-refractivity contribution in [2.24, 2.45) is 0 Å². The lowest BCUT2D eigenvalue weighted by Gasteiger charge is -2.42. The van der Waals surface area contributed by atoms with Gasteiger partial charge in [-0.1, -0.05) is 50.0 Å². The number of nitrogens with zero attached hydrogens (tertiary/aromatic N) is 3. The third kappa shape index (κ3) is 9.11. The molecule has 1 fully saturated rings. The zero-order chi connectivity index (χ0) is 33.2. The minimum Gasteiger partial charge on any atom is -0.444 e. The Balaban J connectivity index is 1.59. The first-order valence-corrected chi connectivity index (χ1v) is 19.9. The molecule has 12 heteroatoms. The predicted molar refractivity (Wildman–Crippen MR) is 176 cm³/mol. The van der Waals surface area contributed by atoms with Crippen LogP contribution in [-0.2, 0) is 32.5 Å². The molecule has 0 N–H and O–H groups in total. The van der Waals surface area contributed by atoms with E-state index >= 15 is 0 Å². The minimum atomic E-state index is -4.54. The Hall–Kier alpha value is -2.41. The number of rotatable bonds is 10. The Morgan fingerprint density at radius 2 is 1.73 bits per heavy atom. The number of halogens is 4. The Morgan fingerprint density at radius 1 is 1.09 bits per heavy atom. The van der Waals surface area contributed by atoms with E-state index < -0.39 is 36.9 Å². The number of amides is 1. The number of benzene rings is 2. The van der Waals surface area contributed by atoms with Gasteiger partial charge in [0.1, 0.15) is 16.9 Å². The normalized spacial score (nSPS) is 16.6. The van der Waals surface area contributed by atoms with Gasteiger partial charge in [-0.2, -0.15) is 18.3 Å². The summed E-state index contributed by atoms with van der Waals surface area (Å²) in [5, 5.41) is 5.02. The highest BCUT2D eigenvalue weighted by molar-refractivity contribution is 9.10. The van der Waals surface area contributed by atoms with Crippen LogP contribution < -0.4 is 0 Å². The van der Waals surface area contributed by atoms with Crippen molar-refractivity contribution in [1.82, 2.24) is 14.7 Å². The number of fused-ring (bicyclic) bond motifs is 1. The molecule has 1 amide bonds. The van der Waals surface area contributed by atoms with E-state index in [0.29, 0.717) is 53.6 Å². The van der Waals surface area contributed by atoms with Gasteiger partial charge in [-0.05, 0) is 80.2 Å². The van der Waals surface area contributed by atoms with Gasteiger partial charge in [0.05, 0.1) is 23.8 Å². The van der Waals surface area contributed by atoms with Gasteiger partial charge in [-0.25, -0.2) is 9.48 Å². The lowest BCUT2D eigenvalue weighted by atomic mass is 9.73. The van der Waals surface area contributed by atoms with E-state index in [4.69, 9.17) is 14.2 Å². The van der Waals surface area contributed by atoms with Gasteiger partial charge in [-0.15, -0.1) is 0 Å². The van der Waals surface area contributed by atoms with Crippen LogP contribution in [-0.4, -0.2) is 60.8 Å². The number of piperidine rings is 1. The minimum absolute atomic E-state index is 0.126. The molecular formula is C33H45BrF3N3O4Si. The highest BCUT2D eigenvalue weighted by atomic mass is 79.9. The standard InChI is InChI=1S/C33H45BrF3N3O4Si/c1-23(43-21-32(24-11-9-8-10-12-24)13-15-39(16-14-32)30(41)44-31(2,3)4)26-19-25(33(35,36)37)20-27-28(26)38-40(29(27)34)22-42-17-18-45(5,6)7/h8-12,19-20,23H,13-18,21-22H2,1-7H3. The summed E-state index contributed by atoms with van der Waals surface area (Å²) < 4.78 is 62.1. The summed E-state index contributed by atoms with van der Waals surface area (Å²) in [6, 6.07) is 13.2. The molecule has 4 rings (SSSR count). The maximum atomic E-state index is 14.1. The van der Waals surface area contributed by atoms with Crippen LogP contribution in [0.25, 0.3) is 10.9 Å². The molecule has 0 aliphatic carbocycles. The van der Waals surface area contributed by atoms with Crippen LogP contribution in [0.4, 0.5) is 18.0 Å². The highest BCUT2D eigenvalue weighted by Crippen LogP contribution is 2.41. The largest absolute Gasteiger partial charge is 0.444 e. The molecule has 1 atom stereocenters. The number of carbonyl (C=O) groups excluding carboxylic acids is 1. The van der Waals surface area contributed by atoms with E-state index in [0.717, 1.165) is 23.7 Å². The number of hydrogen-bond donors (Lipinski definition) is 0. The molecule has 0 radical (unpaired) electrons. The molecule has 1 saturated heterocycles. The van der Waals surface area contributed by atoms with Crippen LogP contribution in [0, 0.1) is 0 Å². The first kappa shape index (κ1) is 35.4. The van der Waals surface area contributed by atoms with Crippen molar-refractivity contribution in [3.05, 3.63) is 63.8 Å². The SMILES string of the molecule is CC(OCC1(c2ccccc2)CCN(C(=O)OC(C)(C)C)CC1)c1cc(C(F)(F)F)cc2c(Br)n(COCC[Si](C)(C)C)nc12. The first-order valence-electron chi connectivity index (χ1n) is 15.4. The third-order valence-corrected chi connectivity index (χ3v) is 10.7. The molecule has 0 spiro atoms. The van der Waals surface area contributed by atoms with Crippen LogP contribution in [0.1, 0.15) is 63.3 Å². The van der Waals surface area contributed by atoms with E-state index in [9.17, 15) is 18.0 Å². The Kier molecular flexibility index (Phi) is 10.8. The number of likely N-dealkylation sites (tertiary alicyclic amines) is 1. The van der Waals surface area contributed by atoms with Crippen LogP contribution in [0.15, 0.2) is 47.1 Å². The molecular weight excluding hydrogens is 667 g/mol. The fourth-order valence-electron chi connectivity index (χ4n) is 5.44. The number of aromatic nitrogens is 2. The van der Waals surface area contributed by atoms with Crippen molar-refractivity contribution in [3.8, 4) is 0 Å². The zero-order valence-corrected chi connectivity index (χ0v) is 29.8. The summed E-state index contributed by atoms with van der Waals surface area (Å²) in [5.74, 6) is 0. The van der Waals surface area contributed by atoms with Crippen molar-refractivity contribution in [2.75, 3.05) is 26.3 Å². The molecule has 1 aliphatic heterocycles. The average molecular weight is 713 g/mol. The second kappa shape index (κ2) is 13.7. The summed E-state index contributed by atoms with van der Waals surface area (Å²) >= 11 is 3.48. The van der Waals surface area contributed by atoms with Crippen molar-refractivity contribution in [2.45, 2.75) is 96.2 Å². The first-order chi connectivity index (χ1) is 20.9. The fourth-order valence-corrected chi connectivity index (χ4v) is 6.68. The van der Waals surface area contributed by atoms with E-state index in [1.807, 2.05) is 51.1 Å². The number of carbonyl (C=O) groups is 1. The van der Waals surface area contributed by atoms with Crippen LogP contribution in [0.5, 0.6) is 0 Å². The molecule has 45 heavy (non-hydrogen) atoms. The van der Waals surface area contributed by atoms with Gasteiger partial charge >= 0.3 is 12.3 Å². The summed E-state index contributed by atoms with van der Waals surface area (Å²) in [6.07, 6.45) is -4.35. The Labute approximate surface area is 273 Å². The van der Waals surface area contributed by atoms with Gasteiger partial charge in [0.25, 0.3) is 0 Å². The van der Waals surface area contributed by atoms with E-state index in [-0.39, 0.29) is 19.4 Å². The second-order valence-electron chi connectivity index (χ2n) is 14.2. The molecule has 7 nitrogen and oxygen atoms in total. The summed E-state index contributed by atoms with van der Waals surface area (Å²) in [7, 11) is -1.30. The topological polar surface area (TPSA) is 65.8 Å². The lowest BCUT2D eigenvalue weighted by molar-refractivity contribution is -0.137. The maximum Gasteiger partial charge on any atom is 0.416 e. The van der Waals surface area contributed by atoms with Crippen molar-refractivity contribution < 1.29 is 32.2 Å².